The van der Waals surface area contributed by atoms with Gasteiger partial charge in [0.2, 0.25) is 11.8 Å². The number of methoxy groups -OCH3 is 2. The first kappa shape index (κ1) is 30.2. The highest BCUT2D eigenvalue weighted by Crippen LogP contribution is 2.50. The van der Waals surface area contributed by atoms with Crippen LogP contribution >= 0.6 is 7.75 Å². The Morgan fingerprint density at radius 3 is 2.63 bits per heavy atom. The summed E-state index contributed by atoms with van der Waals surface area (Å²) in [6.45, 7) is 4.48. The molecule has 1 aliphatic rings. The molecule has 16 heteroatoms. The van der Waals surface area contributed by atoms with Crippen LogP contribution in [0.2, 0.25) is 0 Å². The number of nitrogens with zero attached hydrogens (tertiary/aromatic N) is 5. The van der Waals surface area contributed by atoms with Crippen molar-refractivity contribution < 1.29 is 37.7 Å². The van der Waals surface area contributed by atoms with Gasteiger partial charge in [-0.05, 0) is 25.0 Å². The second kappa shape index (κ2) is 12.0. The average Bonchev–Trinajstić information content (AvgIpc) is 3.48. The van der Waals surface area contributed by atoms with Crippen LogP contribution in [-0.2, 0) is 23.4 Å². The van der Waals surface area contributed by atoms with Gasteiger partial charge in [0.05, 0.1) is 33.2 Å². The maximum atomic E-state index is 14.0. The Labute approximate surface area is 236 Å². The van der Waals surface area contributed by atoms with Gasteiger partial charge < -0.3 is 29.6 Å². The van der Waals surface area contributed by atoms with Gasteiger partial charge in [-0.2, -0.15) is 20.3 Å². The van der Waals surface area contributed by atoms with E-state index in [0.717, 1.165) is 0 Å². The molecule has 0 aliphatic carbocycles. The fourth-order valence-electron chi connectivity index (χ4n) is 4.39. The molecule has 1 saturated heterocycles. The summed E-state index contributed by atoms with van der Waals surface area (Å²) in [5.41, 5.74) is 4.79. The molecular weight excluding hydrogens is 557 g/mol. The molecule has 0 amide bonds. The molecule has 3 aromatic rings. The van der Waals surface area contributed by atoms with Crippen molar-refractivity contribution >= 4 is 30.8 Å². The molecule has 1 aromatic carbocycles. The molecule has 15 nitrogen and oxygen atoms in total. The van der Waals surface area contributed by atoms with Crippen molar-refractivity contribution in [2.45, 2.75) is 45.2 Å². The minimum Gasteiger partial charge on any atom is -0.479 e. The molecule has 220 valence electrons. The van der Waals surface area contributed by atoms with Crippen LogP contribution in [0.4, 0.5) is 5.95 Å². The number of carbonyl (C=O) groups is 1. The zero-order valence-corrected chi connectivity index (χ0v) is 24.0. The molecule has 4 rings (SSSR count). The minimum atomic E-state index is -4.28. The summed E-state index contributed by atoms with van der Waals surface area (Å²) in [6.07, 6.45) is -2.32. The number of hydrogen-bond acceptors (Lipinski definition) is 13. The zero-order chi connectivity index (χ0) is 29.9. The van der Waals surface area contributed by atoms with E-state index in [0.29, 0.717) is 0 Å². The maximum absolute atomic E-state index is 14.0. The number of fused-ring (bicyclic) bond motifs is 1. The van der Waals surface area contributed by atoms with E-state index in [1.165, 1.54) is 32.0 Å². The van der Waals surface area contributed by atoms with Crippen LogP contribution < -0.4 is 20.1 Å². The van der Waals surface area contributed by atoms with E-state index in [2.05, 4.69) is 26.1 Å². The first-order valence-electron chi connectivity index (χ1n) is 12.6. The fourth-order valence-corrected chi connectivity index (χ4v) is 6.06. The summed E-state index contributed by atoms with van der Waals surface area (Å²) in [5, 5.41) is 24.0. The second-order valence-corrected chi connectivity index (χ2v) is 11.5. The van der Waals surface area contributed by atoms with Crippen molar-refractivity contribution in [3.8, 4) is 17.7 Å². The van der Waals surface area contributed by atoms with Crippen molar-refractivity contribution in [1.82, 2.24) is 24.6 Å². The molecule has 0 radical (unpaired) electrons. The van der Waals surface area contributed by atoms with Gasteiger partial charge in [-0.3, -0.25) is 13.9 Å². The molecule has 3 heterocycles. The summed E-state index contributed by atoms with van der Waals surface area (Å²) >= 11 is 0. The molecule has 6 atom stereocenters. The number of rotatable bonds is 11. The SMILES string of the molecule is COC(=O)C(NP(=O)(OCC1OC(n2cnc3c(OC)nc(N)nc32)C(C)(C#N)C1O)Oc1ccccc1)C(C)C. The highest BCUT2D eigenvalue weighted by atomic mass is 31.2. The number of nitriles is 1. The number of imidazole rings is 1. The van der Waals surface area contributed by atoms with Gasteiger partial charge in [-0.15, -0.1) is 0 Å². The number of benzene rings is 1. The Morgan fingerprint density at radius 1 is 1.32 bits per heavy atom. The third-order valence-electron chi connectivity index (χ3n) is 6.67. The Morgan fingerprint density at radius 2 is 2.02 bits per heavy atom. The van der Waals surface area contributed by atoms with Crippen molar-refractivity contribution in [3.05, 3.63) is 36.7 Å². The third-order valence-corrected chi connectivity index (χ3v) is 8.21. The number of nitrogens with two attached hydrogens (primary N) is 1. The highest BCUT2D eigenvalue weighted by molar-refractivity contribution is 7.52. The molecule has 0 saturated carbocycles. The van der Waals surface area contributed by atoms with Crippen molar-refractivity contribution in [1.29, 1.82) is 5.26 Å². The van der Waals surface area contributed by atoms with Crippen LogP contribution in [0.3, 0.4) is 0 Å². The summed E-state index contributed by atoms with van der Waals surface area (Å²) in [5.74, 6) is -0.778. The summed E-state index contributed by atoms with van der Waals surface area (Å²) in [6, 6.07) is 9.29. The van der Waals surface area contributed by atoms with Crippen LogP contribution in [0, 0.1) is 22.7 Å². The number of anilines is 1. The van der Waals surface area contributed by atoms with Crippen LogP contribution in [0.1, 0.15) is 27.0 Å². The lowest BCUT2D eigenvalue weighted by Gasteiger charge is -2.27. The molecule has 4 N–H and O–H groups in total. The summed E-state index contributed by atoms with van der Waals surface area (Å²) < 4.78 is 43.0. The van der Waals surface area contributed by atoms with Crippen molar-refractivity contribution in [2.24, 2.45) is 11.3 Å². The standard InChI is InChI=1S/C25H32N7O8P/c1-14(2)17(22(34)37-5)31-41(35,40-15-9-7-6-8-10-15)38-11-16-19(33)25(3,12-26)23(39-16)32-13-28-18-20(32)29-24(27)30-21(18)36-4/h6-10,13-14,16-17,19,23,33H,11H2,1-5H3,(H,31,35)(H2,27,29,30). The lowest BCUT2D eigenvalue weighted by molar-refractivity contribution is -0.143. The van der Waals surface area contributed by atoms with Crippen LogP contribution in [0.25, 0.3) is 11.2 Å². The van der Waals surface area contributed by atoms with Gasteiger partial charge in [-0.25, -0.2) is 9.55 Å². The Hall–Kier alpha value is -3.80. The van der Waals surface area contributed by atoms with Crippen LogP contribution in [-0.4, -0.2) is 69.7 Å². The lowest BCUT2D eigenvalue weighted by atomic mass is 9.84. The molecule has 1 fully saturated rings. The number of nitrogens with one attached hydrogen (secondary N) is 1. The number of hydrogen-bond donors (Lipinski definition) is 3. The van der Waals surface area contributed by atoms with E-state index in [1.54, 1.807) is 44.2 Å². The number of aliphatic hydroxyl groups is 1. The lowest BCUT2D eigenvalue weighted by Crippen LogP contribution is -2.42. The Bertz CT molecular complexity index is 1480. The van der Waals surface area contributed by atoms with Gasteiger partial charge in [0.25, 0.3) is 0 Å². The molecule has 1 aliphatic heterocycles. The van der Waals surface area contributed by atoms with Gasteiger partial charge in [0.15, 0.2) is 17.4 Å². The van der Waals surface area contributed by atoms with Crippen LogP contribution in [0.5, 0.6) is 11.6 Å². The zero-order valence-electron chi connectivity index (χ0n) is 23.1. The fraction of sp³-hybridized carbons (Fsp3) is 0.480. The molecule has 0 bridgehead atoms. The minimum absolute atomic E-state index is 0.0939. The first-order chi connectivity index (χ1) is 19.5. The number of carbonyl (C=O) groups excluding carboxylic acids is 1. The Kier molecular flexibility index (Phi) is 8.81. The predicted octanol–water partition coefficient (Wildman–Crippen LogP) is 2.20. The molecule has 41 heavy (non-hydrogen) atoms. The second-order valence-electron chi connectivity index (χ2n) is 9.85. The predicted molar refractivity (Wildman–Crippen MR) is 144 cm³/mol. The quantitative estimate of drug-likeness (QED) is 0.217. The third kappa shape index (κ3) is 5.97. The monoisotopic (exact) mass is 589 g/mol. The first-order valence-corrected chi connectivity index (χ1v) is 14.1. The smallest absolute Gasteiger partial charge is 0.459 e. The van der Waals surface area contributed by atoms with E-state index in [-0.39, 0.29) is 34.7 Å². The number of esters is 1. The summed E-state index contributed by atoms with van der Waals surface area (Å²) in [7, 11) is -1.67. The maximum Gasteiger partial charge on any atom is 0.459 e. The van der Waals surface area contributed by atoms with E-state index in [9.17, 15) is 19.7 Å². The number of ether oxygens (including phenoxy) is 3. The van der Waals surface area contributed by atoms with Crippen LogP contribution in [0.15, 0.2) is 36.7 Å². The number of para-hydroxylation sites is 1. The molecule has 6 unspecified atom stereocenters. The van der Waals surface area contributed by atoms with Gasteiger partial charge >= 0.3 is 13.7 Å². The van der Waals surface area contributed by atoms with Gasteiger partial charge in [-0.1, -0.05) is 32.0 Å². The highest BCUT2D eigenvalue weighted by Gasteiger charge is 2.56. The average molecular weight is 590 g/mol. The topological polar surface area (TPSA) is 206 Å². The normalized spacial score (nSPS) is 24.5. The van der Waals surface area contributed by atoms with Crippen molar-refractivity contribution in [3.63, 3.8) is 0 Å². The molecular formula is C25H32N7O8P. The largest absolute Gasteiger partial charge is 0.479 e. The van der Waals surface area contributed by atoms with E-state index >= 15 is 0 Å². The summed E-state index contributed by atoms with van der Waals surface area (Å²) in [4.78, 5) is 24.9. The number of aromatic nitrogens is 4. The van der Waals surface area contributed by atoms with Gasteiger partial charge in [0.1, 0.15) is 29.4 Å². The van der Waals surface area contributed by atoms with E-state index in [1.807, 2.05) is 0 Å². The molecule has 2 aromatic heterocycles. The molecule has 0 spiro atoms. The number of nitrogen functional groups attached to an aromatic ring is 1. The van der Waals surface area contributed by atoms with E-state index in [4.69, 9.17) is 29.0 Å². The number of aliphatic hydroxyl groups excluding tert-OH is 1. The van der Waals surface area contributed by atoms with Gasteiger partial charge in [0, 0.05) is 0 Å². The Balaban J connectivity index is 1.63. The van der Waals surface area contributed by atoms with Crippen molar-refractivity contribution in [2.75, 3.05) is 26.6 Å². The van der Waals surface area contributed by atoms with E-state index < -0.39 is 50.2 Å².